The lowest BCUT2D eigenvalue weighted by Crippen LogP contribution is -2.23. The highest BCUT2D eigenvalue weighted by molar-refractivity contribution is 7.09. The van der Waals surface area contributed by atoms with E-state index in [0.29, 0.717) is 6.54 Å². The van der Waals surface area contributed by atoms with E-state index in [1.54, 1.807) is 0 Å². The SMILES string of the molecule is NNc1c(F)cc(C(=O)NCc2cccs2)cc1F. The lowest BCUT2D eigenvalue weighted by Gasteiger charge is -2.07. The third kappa shape index (κ3) is 3.07. The number of rotatable bonds is 4. The molecule has 4 N–H and O–H groups in total. The van der Waals surface area contributed by atoms with Gasteiger partial charge in [-0.05, 0) is 23.6 Å². The van der Waals surface area contributed by atoms with Gasteiger partial charge in [0, 0.05) is 10.4 Å². The lowest BCUT2D eigenvalue weighted by molar-refractivity contribution is 0.0950. The van der Waals surface area contributed by atoms with Crippen molar-refractivity contribution < 1.29 is 13.6 Å². The zero-order valence-electron chi connectivity index (χ0n) is 9.74. The first-order chi connectivity index (χ1) is 9.11. The van der Waals surface area contributed by atoms with E-state index >= 15 is 0 Å². The van der Waals surface area contributed by atoms with Crippen molar-refractivity contribution in [1.29, 1.82) is 0 Å². The molecular formula is C12H11F2N3OS. The number of halogens is 2. The Labute approximate surface area is 112 Å². The van der Waals surface area contributed by atoms with Crippen LogP contribution in [0.1, 0.15) is 15.2 Å². The minimum absolute atomic E-state index is 0.0921. The number of nitrogens with two attached hydrogens (primary N) is 1. The average molecular weight is 283 g/mol. The van der Waals surface area contributed by atoms with Gasteiger partial charge in [-0.3, -0.25) is 10.6 Å². The summed E-state index contributed by atoms with van der Waals surface area (Å²) >= 11 is 1.48. The maximum absolute atomic E-state index is 13.4. The first kappa shape index (κ1) is 13.4. The monoisotopic (exact) mass is 283 g/mol. The van der Waals surface area contributed by atoms with Gasteiger partial charge in [0.1, 0.15) is 5.69 Å². The maximum atomic E-state index is 13.4. The number of carbonyl (C=O) groups excluding carboxylic acids is 1. The van der Waals surface area contributed by atoms with Crippen molar-refractivity contribution >= 4 is 22.9 Å². The van der Waals surface area contributed by atoms with Crippen LogP contribution in [0.4, 0.5) is 14.5 Å². The summed E-state index contributed by atoms with van der Waals surface area (Å²) in [7, 11) is 0. The van der Waals surface area contributed by atoms with Gasteiger partial charge in [0.15, 0.2) is 11.6 Å². The molecule has 100 valence electrons. The standard InChI is InChI=1S/C12H11F2N3OS/c13-9-4-7(5-10(14)11(9)17-15)12(18)16-6-8-2-1-3-19-8/h1-5,17H,6,15H2,(H,16,18). The van der Waals surface area contributed by atoms with Gasteiger partial charge in [0.2, 0.25) is 0 Å². The van der Waals surface area contributed by atoms with Crippen LogP contribution in [-0.4, -0.2) is 5.91 Å². The van der Waals surface area contributed by atoms with Crippen molar-refractivity contribution in [2.24, 2.45) is 5.84 Å². The van der Waals surface area contributed by atoms with Gasteiger partial charge in [-0.2, -0.15) is 0 Å². The van der Waals surface area contributed by atoms with Crippen LogP contribution in [0.3, 0.4) is 0 Å². The van der Waals surface area contributed by atoms with E-state index in [2.05, 4.69) is 5.32 Å². The van der Waals surface area contributed by atoms with Gasteiger partial charge < -0.3 is 10.7 Å². The summed E-state index contributed by atoms with van der Waals surface area (Å²) in [5.74, 6) is 2.60. The van der Waals surface area contributed by atoms with Gasteiger partial charge >= 0.3 is 0 Å². The molecule has 4 nitrogen and oxygen atoms in total. The first-order valence-corrected chi connectivity index (χ1v) is 6.26. The van der Waals surface area contributed by atoms with Crippen molar-refractivity contribution in [2.75, 3.05) is 5.43 Å². The molecule has 2 rings (SSSR count). The molecule has 0 bridgehead atoms. The van der Waals surface area contributed by atoms with Gasteiger partial charge in [0.05, 0.1) is 6.54 Å². The minimum Gasteiger partial charge on any atom is -0.347 e. The van der Waals surface area contributed by atoms with Crippen molar-refractivity contribution in [1.82, 2.24) is 5.32 Å². The highest BCUT2D eigenvalue weighted by atomic mass is 32.1. The molecule has 19 heavy (non-hydrogen) atoms. The zero-order valence-corrected chi connectivity index (χ0v) is 10.6. The van der Waals surface area contributed by atoms with E-state index in [1.807, 2.05) is 22.9 Å². The van der Waals surface area contributed by atoms with Crippen molar-refractivity contribution in [3.63, 3.8) is 0 Å². The highest BCUT2D eigenvalue weighted by Gasteiger charge is 2.14. The Morgan fingerprint density at radius 1 is 1.32 bits per heavy atom. The van der Waals surface area contributed by atoms with E-state index in [9.17, 15) is 13.6 Å². The molecule has 1 aromatic heterocycles. The van der Waals surface area contributed by atoms with E-state index in [0.717, 1.165) is 17.0 Å². The molecule has 0 fully saturated rings. The number of anilines is 1. The molecular weight excluding hydrogens is 272 g/mol. The number of hydrogen-bond acceptors (Lipinski definition) is 4. The van der Waals surface area contributed by atoms with E-state index in [1.165, 1.54) is 11.3 Å². The molecule has 1 heterocycles. The molecule has 0 radical (unpaired) electrons. The molecule has 0 unspecified atom stereocenters. The summed E-state index contributed by atoms with van der Waals surface area (Å²) in [6.07, 6.45) is 0. The molecule has 1 amide bonds. The fourth-order valence-electron chi connectivity index (χ4n) is 1.52. The van der Waals surface area contributed by atoms with Gasteiger partial charge in [-0.1, -0.05) is 6.07 Å². The summed E-state index contributed by atoms with van der Waals surface area (Å²) in [6.45, 7) is 0.316. The fraction of sp³-hybridized carbons (Fsp3) is 0.0833. The molecule has 0 aliphatic heterocycles. The Bertz CT molecular complexity index is 564. The van der Waals surface area contributed by atoms with Crippen LogP contribution in [0.25, 0.3) is 0 Å². The normalized spacial score (nSPS) is 10.3. The molecule has 0 spiro atoms. The van der Waals surface area contributed by atoms with Crippen LogP contribution in [0.2, 0.25) is 0 Å². The predicted octanol–water partition coefficient (Wildman–Crippen LogP) is 2.24. The Kier molecular flexibility index (Phi) is 4.08. The molecule has 0 saturated carbocycles. The second-order valence-corrected chi connectivity index (χ2v) is 4.75. The maximum Gasteiger partial charge on any atom is 0.251 e. The quantitative estimate of drug-likeness (QED) is 0.595. The van der Waals surface area contributed by atoms with E-state index in [-0.39, 0.29) is 5.56 Å². The number of benzene rings is 1. The summed E-state index contributed by atoms with van der Waals surface area (Å²) in [5.41, 5.74) is 1.35. The van der Waals surface area contributed by atoms with Crippen LogP contribution in [0, 0.1) is 11.6 Å². The number of nitrogens with one attached hydrogen (secondary N) is 2. The number of hydrazine groups is 1. The fourth-order valence-corrected chi connectivity index (χ4v) is 2.17. The Morgan fingerprint density at radius 3 is 2.53 bits per heavy atom. The second kappa shape index (κ2) is 5.77. The molecule has 0 aliphatic carbocycles. The van der Waals surface area contributed by atoms with E-state index < -0.39 is 23.2 Å². The Balaban J connectivity index is 2.11. The molecule has 2 aromatic rings. The second-order valence-electron chi connectivity index (χ2n) is 3.72. The largest absolute Gasteiger partial charge is 0.347 e. The van der Waals surface area contributed by atoms with Crippen LogP contribution in [-0.2, 0) is 6.54 Å². The van der Waals surface area contributed by atoms with Crippen LogP contribution in [0.15, 0.2) is 29.6 Å². The third-order valence-corrected chi connectivity index (χ3v) is 3.33. The number of amides is 1. The molecule has 1 aromatic carbocycles. The first-order valence-electron chi connectivity index (χ1n) is 5.38. The average Bonchev–Trinajstić information content (AvgIpc) is 2.88. The van der Waals surface area contributed by atoms with E-state index in [4.69, 9.17) is 5.84 Å². The molecule has 0 atom stereocenters. The molecule has 0 aliphatic rings. The van der Waals surface area contributed by atoms with Gasteiger partial charge in [0.25, 0.3) is 5.91 Å². The Hall–Kier alpha value is -1.99. The van der Waals surface area contributed by atoms with Crippen LogP contribution in [0.5, 0.6) is 0 Å². The zero-order chi connectivity index (χ0) is 13.8. The Morgan fingerprint density at radius 2 is 2.00 bits per heavy atom. The molecule has 0 saturated heterocycles. The summed E-state index contributed by atoms with van der Waals surface area (Å²) in [5, 5.41) is 4.46. The van der Waals surface area contributed by atoms with Crippen molar-refractivity contribution in [2.45, 2.75) is 6.54 Å². The molecule has 7 heteroatoms. The topological polar surface area (TPSA) is 67.1 Å². The van der Waals surface area contributed by atoms with Gasteiger partial charge in [-0.25, -0.2) is 8.78 Å². The summed E-state index contributed by atoms with van der Waals surface area (Å²) < 4.78 is 26.8. The number of hydrogen-bond donors (Lipinski definition) is 3. The summed E-state index contributed by atoms with van der Waals surface area (Å²) in [6, 6.07) is 5.57. The van der Waals surface area contributed by atoms with Gasteiger partial charge in [-0.15, -0.1) is 11.3 Å². The van der Waals surface area contributed by atoms with Crippen molar-refractivity contribution in [3.8, 4) is 0 Å². The lowest BCUT2D eigenvalue weighted by atomic mass is 10.1. The number of thiophene rings is 1. The third-order valence-electron chi connectivity index (χ3n) is 2.45. The summed E-state index contributed by atoms with van der Waals surface area (Å²) in [4.78, 5) is 12.7. The predicted molar refractivity (Wildman–Crippen MR) is 69.7 cm³/mol. The minimum atomic E-state index is -0.913. The van der Waals surface area contributed by atoms with Crippen LogP contribution >= 0.6 is 11.3 Å². The van der Waals surface area contributed by atoms with Crippen LogP contribution < -0.4 is 16.6 Å². The van der Waals surface area contributed by atoms with Crippen molar-refractivity contribution in [3.05, 3.63) is 51.7 Å². The smallest absolute Gasteiger partial charge is 0.251 e. The highest BCUT2D eigenvalue weighted by Crippen LogP contribution is 2.19. The number of carbonyl (C=O) groups is 1. The number of nitrogen functional groups attached to an aromatic ring is 1.